The summed E-state index contributed by atoms with van der Waals surface area (Å²) in [6.45, 7) is 4.35. The van der Waals surface area contributed by atoms with Gasteiger partial charge in [0.15, 0.2) is 9.84 Å². The Hall–Kier alpha value is -2.67. The number of anilines is 1. The summed E-state index contributed by atoms with van der Waals surface area (Å²) >= 11 is 0. The summed E-state index contributed by atoms with van der Waals surface area (Å²) in [5, 5.41) is 2.71. The molecule has 1 fully saturated rings. The number of nitrogens with one attached hydrogen (secondary N) is 1. The summed E-state index contributed by atoms with van der Waals surface area (Å²) in [5.41, 5.74) is 2.42. The second kappa shape index (κ2) is 8.14. The minimum absolute atomic E-state index is 0.0495. The molecule has 6 nitrogen and oxygen atoms in total. The molecule has 148 valence electrons. The second-order valence-corrected chi connectivity index (χ2v) is 9.30. The molecule has 2 amide bonds. The molecular formula is C21H24N2O4S. The molecule has 1 aliphatic rings. The third-order valence-electron chi connectivity index (χ3n) is 4.94. The summed E-state index contributed by atoms with van der Waals surface area (Å²) in [6.07, 6.45) is 0.125. The highest BCUT2D eigenvalue weighted by Gasteiger charge is 2.34. The van der Waals surface area contributed by atoms with Crippen molar-refractivity contribution < 1.29 is 18.0 Å². The number of para-hydroxylation sites is 1. The van der Waals surface area contributed by atoms with Gasteiger partial charge in [-0.3, -0.25) is 9.59 Å². The molecule has 7 heteroatoms. The fraction of sp³-hybridized carbons (Fsp3) is 0.333. The third kappa shape index (κ3) is 4.42. The molecule has 0 aliphatic carbocycles. The Balaban J connectivity index is 1.70. The molecule has 3 rings (SSSR count). The van der Waals surface area contributed by atoms with Crippen LogP contribution >= 0.6 is 0 Å². The molecule has 0 bridgehead atoms. The van der Waals surface area contributed by atoms with E-state index in [9.17, 15) is 18.0 Å². The van der Waals surface area contributed by atoms with Crippen LogP contribution in [-0.4, -0.2) is 37.4 Å². The maximum absolute atomic E-state index is 12.7. The molecule has 1 saturated heterocycles. The molecule has 0 radical (unpaired) electrons. The first-order valence-corrected chi connectivity index (χ1v) is 10.9. The molecule has 1 N–H and O–H groups in total. The van der Waals surface area contributed by atoms with Crippen molar-refractivity contribution in [1.82, 2.24) is 4.90 Å². The maximum atomic E-state index is 12.7. The van der Waals surface area contributed by atoms with Crippen LogP contribution in [0.1, 0.15) is 24.5 Å². The number of carbonyl (C=O) groups is 2. The van der Waals surface area contributed by atoms with E-state index in [0.29, 0.717) is 13.1 Å². The van der Waals surface area contributed by atoms with Crippen LogP contribution in [-0.2, 0) is 26.0 Å². The first-order chi connectivity index (χ1) is 13.3. The monoisotopic (exact) mass is 400 g/mol. The van der Waals surface area contributed by atoms with Crippen molar-refractivity contribution in [3.8, 4) is 0 Å². The van der Waals surface area contributed by atoms with Crippen LogP contribution in [0, 0.1) is 12.8 Å². The fourth-order valence-electron chi connectivity index (χ4n) is 3.25. The minimum atomic E-state index is -3.46. The Labute approximate surface area is 165 Å². The summed E-state index contributed by atoms with van der Waals surface area (Å²) in [7, 11) is -3.46. The molecular weight excluding hydrogens is 376 g/mol. The Kier molecular flexibility index (Phi) is 5.84. The van der Waals surface area contributed by atoms with Gasteiger partial charge < -0.3 is 10.2 Å². The van der Waals surface area contributed by atoms with Crippen LogP contribution in [0.25, 0.3) is 0 Å². The van der Waals surface area contributed by atoms with Gasteiger partial charge in [-0.05, 0) is 24.6 Å². The van der Waals surface area contributed by atoms with E-state index in [-0.39, 0.29) is 34.6 Å². The lowest BCUT2D eigenvalue weighted by Crippen LogP contribution is -2.28. The number of rotatable bonds is 6. The van der Waals surface area contributed by atoms with Crippen LogP contribution in [0.5, 0.6) is 0 Å². The highest BCUT2D eigenvalue weighted by Crippen LogP contribution is 2.25. The zero-order valence-corrected chi connectivity index (χ0v) is 16.8. The lowest BCUT2D eigenvalue weighted by Gasteiger charge is -2.17. The number of likely N-dealkylation sites (tertiary alicyclic amines) is 1. The van der Waals surface area contributed by atoms with Gasteiger partial charge in [-0.1, -0.05) is 48.9 Å². The number of amides is 2. The minimum Gasteiger partial charge on any atom is -0.338 e. The van der Waals surface area contributed by atoms with Crippen LogP contribution < -0.4 is 5.32 Å². The van der Waals surface area contributed by atoms with E-state index >= 15 is 0 Å². The Morgan fingerprint density at radius 2 is 1.82 bits per heavy atom. The fourth-order valence-corrected chi connectivity index (χ4v) is 4.30. The molecule has 2 aromatic carbocycles. The molecule has 1 atom stereocenters. The van der Waals surface area contributed by atoms with Gasteiger partial charge in [0.2, 0.25) is 11.8 Å². The number of hydrogen-bond acceptors (Lipinski definition) is 4. The van der Waals surface area contributed by atoms with Gasteiger partial charge in [0.05, 0.1) is 22.3 Å². The van der Waals surface area contributed by atoms with E-state index in [1.54, 1.807) is 30.0 Å². The van der Waals surface area contributed by atoms with Crippen molar-refractivity contribution >= 4 is 27.3 Å². The topological polar surface area (TPSA) is 83.5 Å². The van der Waals surface area contributed by atoms with Gasteiger partial charge in [0.1, 0.15) is 0 Å². The zero-order chi connectivity index (χ0) is 20.3. The van der Waals surface area contributed by atoms with E-state index in [1.165, 1.54) is 6.07 Å². The molecule has 28 heavy (non-hydrogen) atoms. The maximum Gasteiger partial charge on any atom is 0.229 e. The van der Waals surface area contributed by atoms with Crippen LogP contribution in [0.4, 0.5) is 5.69 Å². The molecule has 0 spiro atoms. The number of sulfone groups is 1. The lowest BCUT2D eigenvalue weighted by atomic mass is 10.1. The lowest BCUT2D eigenvalue weighted by molar-refractivity contribution is -0.128. The van der Waals surface area contributed by atoms with Gasteiger partial charge in [0.25, 0.3) is 0 Å². The number of carbonyl (C=O) groups excluding carboxylic acids is 2. The average molecular weight is 401 g/mol. The normalized spacial score (nSPS) is 17.0. The summed E-state index contributed by atoms with van der Waals surface area (Å²) in [5.74, 6) is -0.962. The standard InChI is InChI=1S/C21H24N2O4S/c1-3-28(26,27)19-7-5-4-6-18(19)22-21(25)17-12-20(24)23(14-17)13-16-10-8-15(2)9-11-16/h4-11,17H,3,12-14H2,1-2H3,(H,22,25). The van der Waals surface area contributed by atoms with Gasteiger partial charge in [0, 0.05) is 19.5 Å². The van der Waals surface area contributed by atoms with Crippen LogP contribution in [0.3, 0.4) is 0 Å². The van der Waals surface area contributed by atoms with Crippen LogP contribution in [0.15, 0.2) is 53.4 Å². The zero-order valence-electron chi connectivity index (χ0n) is 16.0. The predicted molar refractivity (Wildman–Crippen MR) is 108 cm³/mol. The number of nitrogens with zero attached hydrogens (tertiary/aromatic N) is 1. The molecule has 1 unspecified atom stereocenters. The largest absolute Gasteiger partial charge is 0.338 e. The van der Waals surface area contributed by atoms with Crippen molar-refractivity contribution in [1.29, 1.82) is 0 Å². The Morgan fingerprint density at radius 3 is 2.50 bits per heavy atom. The van der Waals surface area contributed by atoms with E-state index in [2.05, 4.69) is 5.32 Å². The quantitative estimate of drug-likeness (QED) is 0.808. The summed E-state index contributed by atoms with van der Waals surface area (Å²) in [6, 6.07) is 14.3. The molecule has 0 saturated carbocycles. The van der Waals surface area contributed by atoms with Crippen LogP contribution in [0.2, 0.25) is 0 Å². The second-order valence-electron chi connectivity index (χ2n) is 7.05. The smallest absolute Gasteiger partial charge is 0.229 e. The SMILES string of the molecule is CCS(=O)(=O)c1ccccc1NC(=O)C1CC(=O)N(Cc2ccc(C)cc2)C1. The first kappa shape index (κ1) is 20.1. The Bertz CT molecular complexity index is 984. The summed E-state index contributed by atoms with van der Waals surface area (Å²) in [4.78, 5) is 26.8. The van der Waals surface area contributed by atoms with E-state index in [1.807, 2.05) is 31.2 Å². The van der Waals surface area contributed by atoms with Crippen molar-refractivity contribution in [3.63, 3.8) is 0 Å². The first-order valence-electron chi connectivity index (χ1n) is 9.26. The van der Waals surface area contributed by atoms with Gasteiger partial charge in [-0.15, -0.1) is 0 Å². The van der Waals surface area contributed by atoms with E-state index in [0.717, 1.165) is 11.1 Å². The third-order valence-corrected chi connectivity index (χ3v) is 6.73. The molecule has 1 heterocycles. The van der Waals surface area contributed by atoms with E-state index in [4.69, 9.17) is 0 Å². The summed E-state index contributed by atoms with van der Waals surface area (Å²) < 4.78 is 24.5. The molecule has 0 aromatic heterocycles. The van der Waals surface area contributed by atoms with Gasteiger partial charge >= 0.3 is 0 Å². The molecule has 1 aliphatic heterocycles. The number of aryl methyl sites for hydroxylation is 1. The van der Waals surface area contributed by atoms with Crippen molar-refractivity contribution in [2.75, 3.05) is 17.6 Å². The number of benzene rings is 2. The average Bonchev–Trinajstić information content (AvgIpc) is 3.04. The predicted octanol–water partition coefficient (Wildman–Crippen LogP) is 2.78. The van der Waals surface area contributed by atoms with Crippen molar-refractivity contribution in [2.45, 2.75) is 31.7 Å². The highest BCUT2D eigenvalue weighted by atomic mass is 32.2. The Morgan fingerprint density at radius 1 is 1.14 bits per heavy atom. The molecule has 2 aromatic rings. The van der Waals surface area contributed by atoms with Gasteiger partial charge in [-0.2, -0.15) is 0 Å². The van der Waals surface area contributed by atoms with Crippen molar-refractivity contribution in [3.05, 3.63) is 59.7 Å². The van der Waals surface area contributed by atoms with Crippen molar-refractivity contribution in [2.24, 2.45) is 5.92 Å². The highest BCUT2D eigenvalue weighted by molar-refractivity contribution is 7.91. The number of hydrogen-bond donors (Lipinski definition) is 1. The van der Waals surface area contributed by atoms with E-state index < -0.39 is 15.8 Å². The van der Waals surface area contributed by atoms with Gasteiger partial charge in [-0.25, -0.2) is 8.42 Å².